The molecule has 2 aliphatic heterocycles. The van der Waals surface area contributed by atoms with E-state index in [1.165, 1.54) is 0 Å². The van der Waals surface area contributed by atoms with Crippen LogP contribution >= 0.6 is 11.6 Å². The second-order valence-electron chi connectivity index (χ2n) is 7.53. The van der Waals surface area contributed by atoms with E-state index in [9.17, 15) is 9.59 Å². The van der Waals surface area contributed by atoms with Gasteiger partial charge in [0.2, 0.25) is 5.91 Å². The van der Waals surface area contributed by atoms with Gasteiger partial charge < -0.3 is 9.64 Å². The van der Waals surface area contributed by atoms with Gasteiger partial charge in [0.05, 0.1) is 18.5 Å². The molecule has 5 heteroatoms. The van der Waals surface area contributed by atoms with Crippen LogP contribution in [0.4, 0.5) is 0 Å². The Hall–Kier alpha value is -2.33. The number of carbonyl (C=O) groups excluding carboxylic acids is 2. The molecule has 1 atom stereocenters. The Bertz CT molecular complexity index is 910. The fourth-order valence-electron chi connectivity index (χ4n) is 4.00. The van der Waals surface area contributed by atoms with Crippen molar-refractivity contribution in [2.24, 2.45) is 0 Å². The Morgan fingerprint density at radius 1 is 1.26 bits per heavy atom. The van der Waals surface area contributed by atoms with Crippen LogP contribution in [0.1, 0.15) is 40.7 Å². The molecule has 1 unspecified atom stereocenters. The molecule has 140 valence electrons. The van der Waals surface area contributed by atoms with Crippen LogP contribution in [0.15, 0.2) is 42.5 Å². The SMILES string of the molecule is Cc1cc(CCC(=O)N2CCC3(CC(=O)c4ccccc4O3)C2)ccc1Cl. The molecule has 27 heavy (non-hydrogen) atoms. The largest absolute Gasteiger partial charge is 0.484 e. The van der Waals surface area contributed by atoms with Gasteiger partial charge in [-0.1, -0.05) is 35.9 Å². The summed E-state index contributed by atoms with van der Waals surface area (Å²) in [5, 5.41) is 0.742. The maximum absolute atomic E-state index is 12.7. The van der Waals surface area contributed by atoms with E-state index in [1.807, 2.05) is 48.2 Å². The number of fused-ring (bicyclic) bond motifs is 1. The molecule has 0 bridgehead atoms. The zero-order valence-electron chi connectivity index (χ0n) is 15.3. The molecule has 0 aliphatic carbocycles. The fourth-order valence-corrected chi connectivity index (χ4v) is 4.12. The maximum Gasteiger partial charge on any atom is 0.223 e. The number of likely N-dealkylation sites (tertiary alicyclic amines) is 1. The summed E-state index contributed by atoms with van der Waals surface area (Å²) in [5.41, 5.74) is 2.20. The number of ketones is 1. The van der Waals surface area contributed by atoms with Crippen molar-refractivity contribution in [1.29, 1.82) is 0 Å². The van der Waals surface area contributed by atoms with Crippen molar-refractivity contribution in [2.45, 2.75) is 38.2 Å². The van der Waals surface area contributed by atoms with Gasteiger partial charge in [-0.3, -0.25) is 9.59 Å². The minimum atomic E-state index is -0.571. The molecular formula is C22H22ClNO3. The average molecular weight is 384 g/mol. The Balaban J connectivity index is 1.40. The van der Waals surface area contributed by atoms with Crippen molar-refractivity contribution in [1.82, 2.24) is 4.90 Å². The molecule has 4 rings (SSSR count). The van der Waals surface area contributed by atoms with Crippen molar-refractivity contribution in [3.05, 3.63) is 64.2 Å². The molecular weight excluding hydrogens is 362 g/mol. The number of amides is 1. The highest BCUT2D eigenvalue weighted by Crippen LogP contribution is 2.38. The van der Waals surface area contributed by atoms with Crippen molar-refractivity contribution in [3.63, 3.8) is 0 Å². The number of benzene rings is 2. The molecule has 2 aromatic rings. The van der Waals surface area contributed by atoms with Crippen LogP contribution in [0.25, 0.3) is 0 Å². The van der Waals surface area contributed by atoms with Gasteiger partial charge in [-0.05, 0) is 42.7 Å². The number of rotatable bonds is 3. The van der Waals surface area contributed by atoms with Crippen molar-refractivity contribution < 1.29 is 14.3 Å². The van der Waals surface area contributed by atoms with Gasteiger partial charge in [0.15, 0.2) is 5.78 Å². The summed E-state index contributed by atoms with van der Waals surface area (Å²) in [6, 6.07) is 13.2. The first-order chi connectivity index (χ1) is 13.0. The number of Topliss-reactive ketones (excluding diaryl/α,β-unsaturated/α-hetero) is 1. The Morgan fingerprint density at radius 2 is 2.07 bits per heavy atom. The van der Waals surface area contributed by atoms with Crippen LogP contribution in [0, 0.1) is 6.92 Å². The number of ether oxygens (including phenoxy) is 1. The second-order valence-corrected chi connectivity index (χ2v) is 7.94. The number of aryl methyl sites for hydroxylation is 2. The number of hydrogen-bond donors (Lipinski definition) is 0. The van der Waals surface area contributed by atoms with Crippen LogP contribution in [0.2, 0.25) is 5.02 Å². The monoisotopic (exact) mass is 383 g/mol. The first-order valence-corrected chi connectivity index (χ1v) is 9.68. The fraction of sp³-hybridized carbons (Fsp3) is 0.364. The predicted octanol–water partition coefficient (Wildman–Crippen LogP) is 4.22. The maximum atomic E-state index is 12.7. The van der Waals surface area contributed by atoms with Gasteiger partial charge in [-0.25, -0.2) is 0 Å². The first-order valence-electron chi connectivity index (χ1n) is 9.30. The van der Waals surface area contributed by atoms with Crippen LogP contribution in [0.3, 0.4) is 0 Å². The minimum absolute atomic E-state index is 0.0998. The normalized spacial score (nSPS) is 21.3. The van der Waals surface area contributed by atoms with Gasteiger partial charge in [-0.2, -0.15) is 0 Å². The molecule has 1 saturated heterocycles. The molecule has 2 aromatic carbocycles. The number of hydrogen-bond acceptors (Lipinski definition) is 3. The number of nitrogens with zero attached hydrogens (tertiary/aromatic N) is 1. The quantitative estimate of drug-likeness (QED) is 0.797. The smallest absolute Gasteiger partial charge is 0.223 e. The number of carbonyl (C=O) groups is 2. The van der Waals surface area contributed by atoms with Gasteiger partial charge in [-0.15, -0.1) is 0 Å². The Kier molecular flexibility index (Phi) is 4.68. The lowest BCUT2D eigenvalue weighted by Crippen LogP contribution is -2.45. The highest BCUT2D eigenvalue weighted by atomic mass is 35.5. The first kappa shape index (κ1) is 18.1. The van der Waals surface area contributed by atoms with Crippen LogP contribution in [0.5, 0.6) is 5.75 Å². The van der Waals surface area contributed by atoms with E-state index in [2.05, 4.69) is 0 Å². The molecule has 0 N–H and O–H groups in total. The van der Waals surface area contributed by atoms with E-state index in [0.717, 1.165) is 16.1 Å². The lowest BCUT2D eigenvalue weighted by Gasteiger charge is -2.34. The molecule has 2 aliphatic rings. The van der Waals surface area contributed by atoms with E-state index >= 15 is 0 Å². The van der Waals surface area contributed by atoms with Gasteiger partial charge in [0.1, 0.15) is 11.4 Å². The summed E-state index contributed by atoms with van der Waals surface area (Å²) in [4.78, 5) is 27.0. The lowest BCUT2D eigenvalue weighted by molar-refractivity contribution is -0.130. The number of halogens is 1. The second kappa shape index (κ2) is 7.01. The van der Waals surface area contributed by atoms with Crippen molar-refractivity contribution in [2.75, 3.05) is 13.1 Å². The van der Waals surface area contributed by atoms with Gasteiger partial charge in [0.25, 0.3) is 0 Å². The summed E-state index contributed by atoms with van der Waals surface area (Å²) < 4.78 is 6.19. The van der Waals surface area contributed by atoms with Crippen LogP contribution < -0.4 is 4.74 Å². The molecule has 0 radical (unpaired) electrons. The molecule has 4 nitrogen and oxygen atoms in total. The third-order valence-electron chi connectivity index (χ3n) is 5.52. The van der Waals surface area contributed by atoms with Crippen molar-refractivity contribution in [3.8, 4) is 5.75 Å². The molecule has 0 aromatic heterocycles. The lowest BCUT2D eigenvalue weighted by atomic mass is 9.89. The summed E-state index contributed by atoms with van der Waals surface area (Å²) in [7, 11) is 0. The summed E-state index contributed by atoms with van der Waals surface area (Å²) >= 11 is 6.06. The molecule has 0 saturated carbocycles. The molecule has 1 fully saturated rings. The summed E-state index contributed by atoms with van der Waals surface area (Å²) in [5.74, 6) is 0.844. The average Bonchev–Trinajstić information content (AvgIpc) is 3.05. The third kappa shape index (κ3) is 3.59. The zero-order chi connectivity index (χ0) is 19.0. The minimum Gasteiger partial charge on any atom is -0.484 e. The number of para-hydroxylation sites is 1. The Labute approximate surface area is 164 Å². The van der Waals surface area contributed by atoms with Crippen LogP contribution in [-0.4, -0.2) is 35.3 Å². The highest BCUT2D eigenvalue weighted by Gasteiger charge is 2.46. The molecule has 1 amide bonds. The van der Waals surface area contributed by atoms with Gasteiger partial charge in [0, 0.05) is 24.4 Å². The van der Waals surface area contributed by atoms with E-state index in [-0.39, 0.29) is 11.7 Å². The van der Waals surface area contributed by atoms with E-state index < -0.39 is 5.60 Å². The Morgan fingerprint density at radius 3 is 2.89 bits per heavy atom. The van der Waals surface area contributed by atoms with E-state index in [0.29, 0.717) is 50.1 Å². The van der Waals surface area contributed by atoms with Gasteiger partial charge >= 0.3 is 0 Å². The third-order valence-corrected chi connectivity index (χ3v) is 5.94. The highest BCUT2D eigenvalue weighted by molar-refractivity contribution is 6.31. The summed E-state index contributed by atoms with van der Waals surface area (Å²) in [6.45, 7) is 3.08. The van der Waals surface area contributed by atoms with E-state index in [1.54, 1.807) is 6.07 Å². The standard InChI is InChI=1S/C22H22ClNO3/c1-15-12-16(6-8-18(15)23)7-9-21(26)24-11-10-22(14-24)13-19(25)17-4-2-3-5-20(17)27-22/h2-6,8,12H,7,9-11,13-14H2,1H3. The van der Waals surface area contributed by atoms with Crippen molar-refractivity contribution >= 4 is 23.3 Å². The summed E-state index contributed by atoms with van der Waals surface area (Å²) in [6.07, 6.45) is 2.16. The molecule has 1 spiro atoms. The van der Waals surface area contributed by atoms with E-state index in [4.69, 9.17) is 16.3 Å². The molecule has 2 heterocycles. The predicted molar refractivity (Wildman–Crippen MR) is 104 cm³/mol. The van der Waals surface area contributed by atoms with Crippen LogP contribution in [-0.2, 0) is 11.2 Å². The topological polar surface area (TPSA) is 46.6 Å². The zero-order valence-corrected chi connectivity index (χ0v) is 16.1.